The Morgan fingerprint density at radius 2 is 1.90 bits per heavy atom. The molecule has 20 heavy (non-hydrogen) atoms. The largest absolute Gasteiger partial charge is 0.356 e. The maximum Gasteiger partial charge on any atom is 0.191 e. The molecule has 2 unspecified atom stereocenters. The SMILES string of the molecule is CN=C(NCC1CC1c1ccccc1)NC(C)(C)C.I. The van der Waals surface area contributed by atoms with E-state index < -0.39 is 0 Å². The van der Waals surface area contributed by atoms with Gasteiger partial charge in [-0.1, -0.05) is 30.3 Å². The van der Waals surface area contributed by atoms with Crippen molar-refractivity contribution in [2.75, 3.05) is 13.6 Å². The second-order valence-electron chi connectivity index (χ2n) is 6.34. The number of benzene rings is 1. The summed E-state index contributed by atoms with van der Waals surface area (Å²) in [6, 6.07) is 10.8. The van der Waals surface area contributed by atoms with Gasteiger partial charge in [0.1, 0.15) is 0 Å². The second-order valence-corrected chi connectivity index (χ2v) is 6.34. The van der Waals surface area contributed by atoms with Crippen LogP contribution >= 0.6 is 24.0 Å². The molecule has 2 N–H and O–H groups in total. The van der Waals surface area contributed by atoms with Crippen LogP contribution in [0.1, 0.15) is 38.7 Å². The van der Waals surface area contributed by atoms with Gasteiger partial charge in [0.2, 0.25) is 0 Å². The molecule has 0 bridgehead atoms. The number of nitrogens with one attached hydrogen (secondary N) is 2. The summed E-state index contributed by atoms with van der Waals surface area (Å²) < 4.78 is 0. The quantitative estimate of drug-likeness (QED) is 0.474. The maximum atomic E-state index is 4.27. The smallest absolute Gasteiger partial charge is 0.191 e. The Balaban J connectivity index is 0.00000200. The van der Waals surface area contributed by atoms with Crippen molar-refractivity contribution >= 4 is 29.9 Å². The van der Waals surface area contributed by atoms with Crippen LogP contribution in [0.4, 0.5) is 0 Å². The number of rotatable bonds is 3. The summed E-state index contributed by atoms with van der Waals surface area (Å²) in [5.74, 6) is 2.36. The van der Waals surface area contributed by atoms with Crippen molar-refractivity contribution in [2.24, 2.45) is 10.9 Å². The van der Waals surface area contributed by atoms with E-state index in [0.717, 1.165) is 24.3 Å². The van der Waals surface area contributed by atoms with Crippen molar-refractivity contribution in [2.45, 2.75) is 38.6 Å². The first kappa shape index (κ1) is 17.3. The first-order valence-electron chi connectivity index (χ1n) is 7.03. The Hall–Kier alpha value is -0.780. The number of halogens is 1. The maximum absolute atomic E-state index is 4.27. The second kappa shape index (κ2) is 7.29. The van der Waals surface area contributed by atoms with Crippen LogP contribution in [0.5, 0.6) is 0 Å². The van der Waals surface area contributed by atoms with Crippen LogP contribution in [0.3, 0.4) is 0 Å². The minimum atomic E-state index is 0. The van der Waals surface area contributed by atoms with Crippen LogP contribution in [-0.2, 0) is 0 Å². The monoisotopic (exact) mass is 387 g/mol. The van der Waals surface area contributed by atoms with Gasteiger partial charge in [0.05, 0.1) is 0 Å². The molecule has 3 nitrogen and oxygen atoms in total. The first-order chi connectivity index (χ1) is 8.99. The van der Waals surface area contributed by atoms with E-state index in [9.17, 15) is 0 Å². The number of hydrogen-bond acceptors (Lipinski definition) is 1. The highest BCUT2D eigenvalue weighted by Crippen LogP contribution is 2.46. The summed E-state index contributed by atoms with van der Waals surface area (Å²) in [5, 5.41) is 6.81. The minimum Gasteiger partial charge on any atom is -0.356 e. The molecule has 0 aromatic heterocycles. The zero-order valence-corrected chi connectivity index (χ0v) is 15.1. The lowest BCUT2D eigenvalue weighted by Gasteiger charge is -2.23. The number of guanidine groups is 1. The Kier molecular flexibility index (Phi) is 6.30. The Bertz CT molecular complexity index is 437. The molecule has 0 spiro atoms. The van der Waals surface area contributed by atoms with Crippen molar-refractivity contribution < 1.29 is 0 Å². The van der Waals surface area contributed by atoms with Gasteiger partial charge < -0.3 is 10.6 Å². The van der Waals surface area contributed by atoms with Crippen molar-refractivity contribution in [3.8, 4) is 0 Å². The van der Waals surface area contributed by atoms with Crippen LogP contribution in [0, 0.1) is 5.92 Å². The van der Waals surface area contributed by atoms with Gasteiger partial charge in [-0.05, 0) is 44.6 Å². The third kappa shape index (κ3) is 5.31. The van der Waals surface area contributed by atoms with Gasteiger partial charge in [0, 0.05) is 19.1 Å². The lowest BCUT2D eigenvalue weighted by atomic mass is 10.1. The molecule has 2 atom stereocenters. The summed E-state index contributed by atoms with van der Waals surface area (Å²) >= 11 is 0. The Labute approximate surface area is 139 Å². The van der Waals surface area contributed by atoms with E-state index in [0.29, 0.717) is 0 Å². The molecule has 1 saturated carbocycles. The third-order valence-electron chi connectivity index (χ3n) is 3.40. The number of hydrogen-bond donors (Lipinski definition) is 2. The summed E-state index contributed by atoms with van der Waals surface area (Å²) in [5.41, 5.74) is 1.51. The van der Waals surface area contributed by atoms with Crippen LogP contribution in [-0.4, -0.2) is 25.1 Å². The summed E-state index contributed by atoms with van der Waals surface area (Å²) in [6.45, 7) is 7.42. The predicted molar refractivity (Wildman–Crippen MR) is 97.0 cm³/mol. The highest BCUT2D eigenvalue weighted by Gasteiger charge is 2.37. The molecule has 0 radical (unpaired) electrons. The van der Waals surface area contributed by atoms with E-state index in [-0.39, 0.29) is 29.5 Å². The Morgan fingerprint density at radius 3 is 2.45 bits per heavy atom. The molecule has 0 saturated heterocycles. The molecular weight excluding hydrogens is 361 g/mol. The van der Waals surface area contributed by atoms with Gasteiger partial charge in [-0.3, -0.25) is 4.99 Å². The van der Waals surface area contributed by atoms with E-state index in [1.165, 1.54) is 12.0 Å². The summed E-state index contributed by atoms with van der Waals surface area (Å²) in [6.07, 6.45) is 1.28. The van der Waals surface area contributed by atoms with Crippen molar-refractivity contribution in [1.29, 1.82) is 0 Å². The highest BCUT2D eigenvalue weighted by atomic mass is 127. The molecule has 0 heterocycles. The normalized spacial score (nSPS) is 21.9. The zero-order valence-electron chi connectivity index (χ0n) is 12.8. The standard InChI is InChI=1S/C16H25N3.HI/c1-16(2,3)19-15(17-4)18-11-13-10-14(13)12-8-6-5-7-9-12;/h5-9,13-14H,10-11H2,1-4H3,(H2,17,18,19);1H. The van der Waals surface area contributed by atoms with Gasteiger partial charge in [-0.2, -0.15) is 0 Å². The summed E-state index contributed by atoms with van der Waals surface area (Å²) in [7, 11) is 1.82. The number of aliphatic imine (C=N–C) groups is 1. The molecule has 1 fully saturated rings. The topological polar surface area (TPSA) is 36.4 Å². The van der Waals surface area contributed by atoms with Gasteiger partial charge >= 0.3 is 0 Å². The molecule has 1 aromatic carbocycles. The van der Waals surface area contributed by atoms with Crippen LogP contribution < -0.4 is 10.6 Å². The van der Waals surface area contributed by atoms with Gasteiger partial charge in [0.25, 0.3) is 0 Å². The molecule has 2 rings (SSSR count). The molecule has 0 aliphatic heterocycles. The Morgan fingerprint density at radius 1 is 1.25 bits per heavy atom. The van der Waals surface area contributed by atoms with E-state index in [1.807, 2.05) is 7.05 Å². The summed E-state index contributed by atoms with van der Waals surface area (Å²) in [4.78, 5) is 4.27. The fourth-order valence-electron chi connectivity index (χ4n) is 2.34. The first-order valence-corrected chi connectivity index (χ1v) is 7.03. The fraction of sp³-hybridized carbons (Fsp3) is 0.562. The van der Waals surface area contributed by atoms with Crippen LogP contribution in [0.25, 0.3) is 0 Å². The lowest BCUT2D eigenvalue weighted by Crippen LogP contribution is -2.48. The van der Waals surface area contributed by atoms with E-state index in [2.05, 4.69) is 66.7 Å². The van der Waals surface area contributed by atoms with Crippen molar-refractivity contribution in [3.05, 3.63) is 35.9 Å². The average molecular weight is 387 g/mol. The van der Waals surface area contributed by atoms with Crippen LogP contribution in [0.15, 0.2) is 35.3 Å². The molecule has 1 aliphatic rings. The predicted octanol–water partition coefficient (Wildman–Crippen LogP) is 3.37. The molecule has 112 valence electrons. The van der Waals surface area contributed by atoms with Crippen molar-refractivity contribution in [1.82, 2.24) is 10.6 Å². The zero-order chi connectivity index (χ0) is 13.9. The van der Waals surface area contributed by atoms with Gasteiger partial charge in [-0.25, -0.2) is 0 Å². The molecule has 4 heteroatoms. The molecule has 1 aromatic rings. The third-order valence-corrected chi connectivity index (χ3v) is 3.40. The molecular formula is C16H26IN3. The molecule has 1 aliphatic carbocycles. The van der Waals surface area contributed by atoms with Crippen molar-refractivity contribution in [3.63, 3.8) is 0 Å². The van der Waals surface area contributed by atoms with E-state index in [4.69, 9.17) is 0 Å². The average Bonchev–Trinajstić information content (AvgIpc) is 3.14. The lowest BCUT2D eigenvalue weighted by molar-refractivity contribution is 0.500. The molecule has 0 amide bonds. The minimum absolute atomic E-state index is 0. The van der Waals surface area contributed by atoms with Crippen LogP contribution in [0.2, 0.25) is 0 Å². The fourth-order valence-corrected chi connectivity index (χ4v) is 2.34. The van der Waals surface area contributed by atoms with Gasteiger partial charge in [-0.15, -0.1) is 24.0 Å². The van der Waals surface area contributed by atoms with Gasteiger partial charge in [0.15, 0.2) is 5.96 Å². The number of nitrogens with zero attached hydrogens (tertiary/aromatic N) is 1. The van der Waals surface area contributed by atoms with E-state index in [1.54, 1.807) is 0 Å². The highest BCUT2D eigenvalue weighted by molar-refractivity contribution is 14.0. The van der Waals surface area contributed by atoms with E-state index >= 15 is 0 Å².